The summed E-state index contributed by atoms with van der Waals surface area (Å²) in [6.07, 6.45) is 2.50. The first-order chi connectivity index (χ1) is 13.0. The molecule has 1 aromatic carbocycles. The molecule has 27 heavy (non-hydrogen) atoms. The van der Waals surface area contributed by atoms with Crippen LogP contribution in [0.15, 0.2) is 24.5 Å². The third-order valence-electron chi connectivity index (χ3n) is 4.67. The summed E-state index contributed by atoms with van der Waals surface area (Å²) in [4.78, 5) is 20.7. The molecule has 0 bridgehead atoms. The van der Waals surface area contributed by atoms with E-state index in [4.69, 9.17) is 4.74 Å². The number of aryl methyl sites for hydroxylation is 4. The Morgan fingerprint density at radius 3 is 2.67 bits per heavy atom. The van der Waals surface area contributed by atoms with E-state index in [-0.39, 0.29) is 5.91 Å². The predicted octanol–water partition coefficient (Wildman–Crippen LogP) is 2.49. The summed E-state index contributed by atoms with van der Waals surface area (Å²) >= 11 is 0. The van der Waals surface area contributed by atoms with Crippen LogP contribution in [0, 0.1) is 27.7 Å². The molecule has 0 aliphatic rings. The van der Waals surface area contributed by atoms with Gasteiger partial charge in [0.25, 0.3) is 5.78 Å². The van der Waals surface area contributed by atoms with Crippen molar-refractivity contribution in [2.75, 3.05) is 13.2 Å². The SMILES string of the molecule is Cc1cccc(C)c1OCCNC(=O)CCc1c(C)nc2ncnn2c1C. The third kappa shape index (κ3) is 4.24. The molecule has 3 rings (SSSR count). The summed E-state index contributed by atoms with van der Waals surface area (Å²) in [6.45, 7) is 8.87. The van der Waals surface area contributed by atoms with Crippen molar-refractivity contribution in [3.8, 4) is 5.75 Å². The maximum Gasteiger partial charge on any atom is 0.252 e. The standard InChI is InChI=1S/C20H25N5O2/c1-13-6-5-7-14(2)19(13)27-11-10-21-18(26)9-8-17-15(3)24-20-22-12-23-25(20)16(17)4/h5-7,12H,8-11H2,1-4H3,(H,21,26). The molecule has 0 aliphatic carbocycles. The number of amides is 1. The van der Waals surface area contributed by atoms with Gasteiger partial charge in [0.1, 0.15) is 18.7 Å². The Labute approximate surface area is 158 Å². The van der Waals surface area contributed by atoms with E-state index in [1.807, 2.05) is 45.9 Å². The van der Waals surface area contributed by atoms with Crippen molar-refractivity contribution < 1.29 is 9.53 Å². The second kappa shape index (κ2) is 8.16. The quantitative estimate of drug-likeness (QED) is 0.649. The molecule has 0 spiro atoms. The smallest absolute Gasteiger partial charge is 0.252 e. The highest BCUT2D eigenvalue weighted by Gasteiger charge is 2.12. The lowest BCUT2D eigenvalue weighted by Crippen LogP contribution is -2.28. The summed E-state index contributed by atoms with van der Waals surface area (Å²) in [5.41, 5.74) is 5.10. The first-order valence-electron chi connectivity index (χ1n) is 9.09. The van der Waals surface area contributed by atoms with Crippen LogP contribution in [0.5, 0.6) is 5.75 Å². The Kier molecular flexibility index (Phi) is 5.69. The minimum atomic E-state index is -0.00223. The second-order valence-corrected chi connectivity index (χ2v) is 6.65. The van der Waals surface area contributed by atoms with Gasteiger partial charge in [0, 0.05) is 17.8 Å². The van der Waals surface area contributed by atoms with Crippen molar-refractivity contribution in [1.82, 2.24) is 24.9 Å². The number of nitrogens with one attached hydrogen (secondary N) is 1. The van der Waals surface area contributed by atoms with Crippen molar-refractivity contribution in [3.05, 3.63) is 52.6 Å². The maximum absolute atomic E-state index is 12.2. The molecule has 0 radical (unpaired) electrons. The first kappa shape index (κ1) is 18.8. The van der Waals surface area contributed by atoms with Crippen molar-refractivity contribution in [2.24, 2.45) is 0 Å². The number of aromatic nitrogens is 4. The second-order valence-electron chi connectivity index (χ2n) is 6.65. The molecule has 0 atom stereocenters. The highest BCUT2D eigenvalue weighted by atomic mass is 16.5. The van der Waals surface area contributed by atoms with E-state index in [1.54, 1.807) is 4.52 Å². The van der Waals surface area contributed by atoms with Gasteiger partial charge < -0.3 is 10.1 Å². The maximum atomic E-state index is 12.2. The van der Waals surface area contributed by atoms with Crippen LogP contribution < -0.4 is 10.1 Å². The van der Waals surface area contributed by atoms with E-state index in [2.05, 4.69) is 20.4 Å². The van der Waals surface area contributed by atoms with Gasteiger partial charge in [-0.1, -0.05) is 18.2 Å². The molecule has 2 aromatic heterocycles. The minimum Gasteiger partial charge on any atom is -0.491 e. The number of rotatable bonds is 7. The number of fused-ring (bicyclic) bond motifs is 1. The van der Waals surface area contributed by atoms with Crippen LogP contribution in [0.1, 0.15) is 34.5 Å². The number of nitrogens with zero attached hydrogens (tertiary/aromatic N) is 4. The number of hydrogen-bond acceptors (Lipinski definition) is 5. The highest BCUT2D eigenvalue weighted by Crippen LogP contribution is 2.22. The average molecular weight is 367 g/mol. The van der Waals surface area contributed by atoms with Crippen LogP contribution in [0.3, 0.4) is 0 Å². The zero-order chi connectivity index (χ0) is 19.4. The van der Waals surface area contributed by atoms with E-state index < -0.39 is 0 Å². The summed E-state index contributed by atoms with van der Waals surface area (Å²) in [5.74, 6) is 1.48. The van der Waals surface area contributed by atoms with Crippen LogP contribution in [0.4, 0.5) is 0 Å². The van der Waals surface area contributed by atoms with Crippen molar-refractivity contribution in [1.29, 1.82) is 0 Å². The van der Waals surface area contributed by atoms with Crippen LogP contribution >= 0.6 is 0 Å². The summed E-state index contributed by atoms with van der Waals surface area (Å²) in [6, 6.07) is 6.05. The van der Waals surface area contributed by atoms with E-state index in [9.17, 15) is 4.79 Å². The zero-order valence-corrected chi connectivity index (χ0v) is 16.2. The van der Waals surface area contributed by atoms with Gasteiger partial charge in [0.2, 0.25) is 5.91 Å². The van der Waals surface area contributed by atoms with Crippen LogP contribution in [-0.2, 0) is 11.2 Å². The zero-order valence-electron chi connectivity index (χ0n) is 16.2. The van der Waals surface area contributed by atoms with Gasteiger partial charge in [-0.15, -0.1) is 0 Å². The normalized spacial score (nSPS) is 11.0. The van der Waals surface area contributed by atoms with Crippen molar-refractivity contribution in [3.63, 3.8) is 0 Å². The van der Waals surface area contributed by atoms with Gasteiger partial charge >= 0.3 is 0 Å². The molecule has 0 fully saturated rings. The molecule has 142 valence electrons. The predicted molar refractivity (Wildman–Crippen MR) is 103 cm³/mol. The van der Waals surface area contributed by atoms with E-state index in [1.165, 1.54) is 6.33 Å². The van der Waals surface area contributed by atoms with Gasteiger partial charge in [-0.3, -0.25) is 4.79 Å². The molecule has 2 heterocycles. The van der Waals surface area contributed by atoms with Gasteiger partial charge in [0.05, 0.1) is 6.54 Å². The Hall–Kier alpha value is -2.96. The fourth-order valence-corrected chi connectivity index (χ4v) is 3.21. The van der Waals surface area contributed by atoms with Gasteiger partial charge in [-0.25, -0.2) is 9.50 Å². The summed E-state index contributed by atoms with van der Waals surface area (Å²) < 4.78 is 7.52. The largest absolute Gasteiger partial charge is 0.491 e. The van der Waals surface area contributed by atoms with Crippen molar-refractivity contribution in [2.45, 2.75) is 40.5 Å². The van der Waals surface area contributed by atoms with Crippen LogP contribution in [0.25, 0.3) is 5.78 Å². The van der Waals surface area contributed by atoms with E-state index in [0.717, 1.165) is 33.8 Å². The molecule has 1 amide bonds. The molecule has 0 saturated heterocycles. The Morgan fingerprint density at radius 1 is 1.19 bits per heavy atom. The molecule has 1 N–H and O–H groups in total. The highest BCUT2D eigenvalue weighted by molar-refractivity contribution is 5.76. The molecule has 7 heteroatoms. The van der Waals surface area contributed by atoms with Gasteiger partial charge in [-0.2, -0.15) is 10.1 Å². The lowest BCUT2D eigenvalue weighted by Gasteiger charge is -2.13. The molecule has 0 saturated carbocycles. The van der Waals surface area contributed by atoms with Gasteiger partial charge in [-0.05, 0) is 50.8 Å². The fourth-order valence-electron chi connectivity index (χ4n) is 3.21. The number of benzene rings is 1. The molecular weight excluding hydrogens is 342 g/mol. The number of ether oxygens (including phenoxy) is 1. The number of hydrogen-bond donors (Lipinski definition) is 1. The van der Waals surface area contributed by atoms with Crippen LogP contribution in [0.2, 0.25) is 0 Å². The monoisotopic (exact) mass is 367 g/mol. The fraction of sp³-hybridized carbons (Fsp3) is 0.400. The molecule has 7 nitrogen and oxygen atoms in total. The van der Waals surface area contributed by atoms with Crippen molar-refractivity contribution >= 4 is 11.7 Å². The minimum absolute atomic E-state index is 0.00223. The topological polar surface area (TPSA) is 81.4 Å². The average Bonchev–Trinajstić information content (AvgIpc) is 3.09. The summed E-state index contributed by atoms with van der Waals surface area (Å²) in [5, 5.41) is 7.09. The molecular formula is C20H25N5O2. The van der Waals surface area contributed by atoms with E-state index >= 15 is 0 Å². The summed E-state index contributed by atoms with van der Waals surface area (Å²) in [7, 11) is 0. The van der Waals surface area contributed by atoms with Crippen LogP contribution in [-0.4, -0.2) is 38.6 Å². The lowest BCUT2D eigenvalue weighted by atomic mass is 10.1. The Bertz CT molecular complexity index is 944. The Morgan fingerprint density at radius 2 is 1.93 bits per heavy atom. The van der Waals surface area contributed by atoms with Gasteiger partial charge in [0.15, 0.2) is 0 Å². The number of carbonyl (C=O) groups is 1. The third-order valence-corrected chi connectivity index (χ3v) is 4.67. The first-order valence-corrected chi connectivity index (χ1v) is 9.09. The number of para-hydroxylation sites is 1. The van der Waals surface area contributed by atoms with E-state index in [0.29, 0.717) is 31.8 Å². The Balaban J connectivity index is 1.49. The number of carbonyl (C=O) groups excluding carboxylic acids is 1. The molecule has 0 unspecified atom stereocenters. The molecule has 3 aromatic rings. The lowest BCUT2D eigenvalue weighted by molar-refractivity contribution is -0.121. The molecule has 0 aliphatic heterocycles.